The molecule has 2 aromatic rings. The Morgan fingerprint density at radius 2 is 1.84 bits per heavy atom. The van der Waals surface area contributed by atoms with Crippen LogP contribution in [-0.4, -0.2) is 33.5 Å². The number of benzene rings is 1. The number of halogens is 3. The van der Waals surface area contributed by atoms with E-state index in [4.69, 9.17) is 5.11 Å². The highest BCUT2D eigenvalue weighted by atomic mass is 19.4. The van der Waals surface area contributed by atoms with Crippen molar-refractivity contribution in [2.75, 3.05) is 0 Å². The molecule has 0 fully saturated rings. The molecule has 0 radical (unpaired) electrons. The fourth-order valence-electron chi connectivity index (χ4n) is 2.00. The molecular weight excluding hydrogens is 343 g/mol. The molecule has 1 amide bonds. The largest absolute Gasteiger partial charge is 0.573 e. The number of carboxylic acids is 1. The average Bonchev–Trinajstić information content (AvgIpc) is 2.54. The maximum atomic E-state index is 12.2. The van der Waals surface area contributed by atoms with Gasteiger partial charge in [-0.05, 0) is 23.8 Å². The minimum absolute atomic E-state index is 0.169. The van der Waals surface area contributed by atoms with Crippen LogP contribution in [0.4, 0.5) is 13.2 Å². The van der Waals surface area contributed by atoms with Crippen molar-refractivity contribution in [3.05, 3.63) is 53.9 Å². The van der Waals surface area contributed by atoms with E-state index in [1.54, 1.807) is 0 Å². The highest BCUT2D eigenvalue weighted by Crippen LogP contribution is 2.25. The third-order valence-electron chi connectivity index (χ3n) is 3.05. The van der Waals surface area contributed by atoms with E-state index in [9.17, 15) is 22.8 Å². The number of carbonyl (C=O) groups excluding carboxylic acids is 1. The zero-order chi connectivity index (χ0) is 18.4. The maximum Gasteiger partial charge on any atom is 0.573 e. The number of alkyl halides is 3. The van der Waals surface area contributed by atoms with Crippen molar-refractivity contribution in [1.82, 2.24) is 15.5 Å². The standard InChI is InChI=1S/C15H12F3N3O4/c16-15(17,18)25-11-3-1-9(2-4-11)12(7-13(22)23)21-14(24)10-5-6-19-20-8-10/h1-6,8,12H,7H2,(H,21,24)(H,22,23)/t12-/m0/s1. The van der Waals surface area contributed by atoms with Gasteiger partial charge in [0.1, 0.15) is 5.75 Å². The molecule has 1 aromatic heterocycles. The van der Waals surface area contributed by atoms with Crippen LogP contribution in [0.15, 0.2) is 42.7 Å². The summed E-state index contributed by atoms with van der Waals surface area (Å²) in [4.78, 5) is 23.1. The Labute approximate surface area is 139 Å². The monoisotopic (exact) mass is 355 g/mol. The van der Waals surface area contributed by atoms with Crippen molar-refractivity contribution in [3.8, 4) is 5.75 Å². The number of aromatic nitrogens is 2. The van der Waals surface area contributed by atoms with E-state index < -0.39 is 36.5 Å². The lowest BCUT2D eigenvalue weighted by Gasteiger charge is -2.18. The molecule has 0 unspecified atom stereocenters. The molecular formula is C15H12F3N3O4. The maximum absolute atomic E-state index is 12.2. The molecule has 132 valence electrons. The number of amides is 1. The molecule has 0 aliphatic carbocycles. The summed E-state index contributed by atoms with van der Waals surface area (Å²) < 4.78 is 40.2. The zero-order valence-electron chi connectivity index (χ0n) is 12.5. The van der Waals surface area contributed by atoms with E-state index in [2.05, 4.69) is 20.3 Å². The third kappa shape index (κ3) is 5.75. The predicted octanol–water partition coefficient (Wildman–Crippen LogP) is 2.32. The fraction of sp³-hybridized carbons (Fsp3) is 0.200. The van der Waals surface area contributed by atoms with Gasteiger partial charge >= 0.3 is 12.3 Å². The van der Waals surface area contributed by atoms with Crippen molar-refractivity contribution in [3.63, 3.8) is 0 Å². The lowest BCUT2D eigenvalue weighted by atomic mass is 10.0. The summed E-state index contributed by atoms with van der Waals surface area (Å²) in [6.45, 7) is 0. The number of hydrogen-bond donors (Lipinski definition) is 2. The second-order valence-electron chi connectivity index (χ2n) is 4.87. The second kappa shape index (κ2) is 7.60. The number of aliphatic carboxylic acids is 1. The normalized spacial score (nSPS) is 12.3. The van der Waals surface area contributed by atoms with E-state index in [0.29, 0.717) is 5.56 Å². The zero-order valence-corrected chi connectivity index (χ0v) is 12.5. The molecule has 7 nitrogen and oxygen atoms in total. The van der Waals surface area contributed by atoms with Crippen LogP contribution in [0.3, 0.4) is 0 Å². The molecule has 1 atom stereocenters. The van der Waals surface area contributed by atoms with Gasteiger partial charge < -0.3 is 15.2 Å². The van der Waals surface area contributed by atoms with Crippen LogP contribution < -0.4 is 10.1 Å². The van der Waals surface area contributed by atoms with Gasteiger partial charge in [0, 0.05) is 0 Å². The number of carbonyl (C=O) groups is 2. The molecule has 0 aliphatic rings. The molecule has 25 heavy (non-hydrogen) atoms. The number of rotatable bonds is 6. The van der Waals surface area contributed by atoms with Crippen LogP contribution in [-0.2, 0) is 4.79 Å². The lowest BCUT2D eigenvalue weighted by Crippen LogP contribution is -2.30. The number of ether oxygens (including phenoxy) is 1. The lowest BCUT2D eigenvalue weighted by molar-refractivity contribution is -0.274. The van der Waals surface area contributed by atoms with E-state index in [-0.39, 0.29) is 5.56 Å². The Balaban J connectivity index is 2.16. The summed E-state index contributed by atoms with van der Waals surface area (Å²) in [5, 5.41) is 18.6. The van der Waals surface area contributed by atoms with Gasteiger partial charge in [-0.15, -0.1) is 13.2 Å². The van der Waals surface area contributed by atoms with Gasteiger partial charge in [-0.25, -0.2) is 0 Å². The molecule has 0 saturated carbocycles. The SMILES string of the molecule is O=C(O)C[C@H](NC(=O)c1ccnnc1)c1ccc(OC(F)(F)F)cc1. The molecule has 0 saturated heterocycles. The Morgan fingerprint density at radius 3 is 2.36 bits per heavy atom. The predicted molar refractivity (Wildman–Crippen MR) is 77.6 cm³/mol. The number of hydrogen-bond acceptors (Lipinski definition) is 5. The summed E-state index contributed by atoms with van der Waals surface area (Å²) >= 11 is 0. The quantitative estimate of drug-likeness (QED) is 0.825. The summed E-state index contributed by atoms with van der Waals surface area (Å²) in [6.07, 6.45) is -2.79. The molecule has 0 aliphatic heterocycles. The van der Waals surface area contributed by atoms with Gasteiger partial charge in [-0.3, -0.25) is 9.59 Å². The Hall–Kier alpha value is -3.17. The average molecular weight is 355 g/mol. The first kappa shape index (κ1) is 18.2. The van der Waals surface area contributed by atoms with Gasteiger partial charge in [0.05, 0.1) is 30.4 Å². The highest BCUT2D eigenvalue weighted by molar-refractivity contribution is 5.94. The van der Waals surface area contributed by atoms with Crippen LogP contribution >= 0.6 is 0 Å². The van der Waals surface area contributed by atoms with Crippen molar-refractivity contribution < 1.29 is 32.6 Å². The van der Waals surface area contributed by atoms with E-state index >= 15 is 0 Å². The molecule has 0 bridgehead atoms. The smallest absolute Gasteiger partial charge is 0.481 e. The van der Waals surface area contributed by atoms with E-state index in [1.165, 1.54) is 30.6 Å². The molecule has 1 aromatic carbocycles. The van der Waals surface area contributed by atoms with Crippen molar-refractivity contribution in [2.45, 2.75) is 18.8 Å². The van der Waals surface area contributed by atoms with E-state index in [0.717, 1.165) is 12.1 Å². The van der Waals surface area contributed by atoms with Crippen LogP contribution in [0.25, 0.3) is 0 Å². The number of carboxylic acid groups (broad SMARTS) is 1. The summed E-state index contributed by atoms with van der Waals surface area (Å²) in [5.74, 6) is -2.22. The van der Waals surface area contributed by atoms with Crippen molar-refractivity contribution in [2.24, 2.45) is 0 Å². The van der Waals surface area contributed by atoms with Crippen molar-refractivity contribution in [1.29, 1.82) is 0 Å². The first-order valence-electron chi connectivity index (χ1n) is 6.89. The van der Waals surface area contributed by atoms with Gasteiger partial charge in [-0.1, -0.05) is 12.1 Å². The van der Waals surface area contributed by atoms with Gasteiger partial charge in [0.2, 0.25) is 0 Å². The third-order valence-corrected chi connectivity index (χ3v) is 3.05. The summed E-state index contributed by atoms with van der Waals surface area (Å²) in [6, 6.07) is 5.02. The first-order valence-corrected chi connectivity index (χ1v) is 6.89. The molecule has 10 heteroatoms. The number of nitrogens with zero attached hydrogens (tertiary/aromatic N) is 2. The van der Waals surface area contributed by atoms with Crippen LogP contribution in [0.1, 0.15) is 28.4 Å². The molecule has 2 rings (SSSR count). The highest BCUT2D eigenvalue weighted by Gasteiger charge is 2.31. The van der Waals surface area contributed by atoms with Gasteiger partial charge in [0.15, 0.2) is 0 Å². The van der Waals surface area contributed by atoms with Gasteiger partial charge in [-0.2, -0.15) is 10.2 Å². The topological polar surface area (TPSA) is 101 Å². The van der Waals surface area contributed by atoms with Gasteiger partial charge in [0.25, 0.3) is 5.91 Å². The Kier molecular flexibility index (Phi) is 5.52. The second-order valence-corrected chi connectivity index (χ2v) is 4.87. The van der Waals surface area contributed by atoms with Crippen molar-refractivity contribution >= 4 is 11.9 Å². The minimum Gasteiger partial charge on any atom is -0.481 e. The summed E-state index contributed by atoms with van der Waals surface area (Å²) in [7, 11) is 0. The molecule has 0 spiro atoms. The number of nitrogens with one attached hydrogen (secondary N) is 1. The van der Waals surface area contributed by atoms with Crippen LogP contribution in [0.5, 0.6) is 5.75 Å². The van der Waals surface area contributed by atoms with Crippen LogP contribution in [0.2, 0.25) is 0 Å². The van der Waals surface area contributed by atoms with E-state index in [1.807, 2.05) is 0 Å². The minimum atomic E-state index is -4.83. The Bertz CT molecular complexity index is 736. The van der Waals surface area contributed by atoms with Crippen LogP contribution in [0, 0.1) is 0 Å². The summed E-state index contributed by atoms with van der Waals surface area (Å²) in [5.41, 5.74) is 0.481. The molecule has 1 heterocycles. The first-order chi connectivity index (χ1) is 11.7. The molecule has 2 N–H and O–H groups in total. The Morgan fingerprint density at radius 1 is 1.16 bits per heavy atom. The fourth-order valence-corrected chi connectivity index (χ4v) is 2.00.